The van der Waals surface area contributed by atoms with Crippen LogP contribution < -0.4 is 15.5 Å². The molecule has 0 atom stereocenters. The van der Waals surface area contributed by atoms with Crippen LogP contribution in [0.5, 0.6) is 0 Å². The van der Waals surface area contributed by atoms with Gasteiger partial charge >= 0.3 is 0 Å². The average Bonchev–Trinajstić information content (AvgIpc) is 2.84. The normalized spacial score (nSPS) is 13.4. The summed E-state index contributed by atoms with van der Waals surface area (Å²) >= 11 is 6.17. The average molecular weight is 467 g/mol. The lowest BCUT2D eigenvalue weighted by molar-refractivity contribution is -0.384. The van der Waals surface area contributed by atoms with Gasteiger partial charge in [0.1, 0.15) is 5.69 Å². The van der Waals surface area contributed by atoms with E-state index in [9.17, 15) is 14.9 Å². The van der Waals surface area contributed by atoms with Gasteiger partial charge < -0.3 is 20.3 Å². The maximum atomic E-state index is 12.9. The van der Waals surface area contributed by atoms with E-state index in [2.05, 4.69) is 15.5 Å². The summed E-state index contributed by atoms with van der Waals surface area (Å²) in [4.78, 5) is 26.3. The molecule has 1 heterocycles. The van der Waals surface area contributed by atoms with Crippen molar-refractivity contribution in [1.82, 2.24) is 0 Å². The fourth-order valence-corrected chi connectivity index (χ4v) is 3.86. The first-order valence-electron chi connectivity index (χ1n) is 10.5. The van der Waals surface area contributed by atoms with Crippen LogP contribution in [0.2, 0.25) is 5.02 Å². The molecule has 1 aliphatic rings. The smallest absolute Gasteiger partial charge is 0.293 e. The minimum absolute atomic E-state index is 0.184. The third kappa shape index (κ3) is 5.42. The van der Waals surface area contributed by atoms with Gasteiger partial charge in [-0.3, -0.25) is 14.9 Å². The van der Waals surface area contributed by atoms with Gasteiger partial charge in [0, 0.05) is 36.3 Å². The van der Waals surface area contributed by atoms with Crippen molar-refractivity contribution in [1.29, 1.82) is 0 Å². The van der Waals surface area contributed by atoms with Gasteiger partial charge in [-0.2, -0.15) is 0 Å². The molecule has 0 saturated carbocycles. The quantitative estimate of drug-likeness (QED) is 0.378. The monoisotopic (exact) mass is 466 g/mol. The zero-order valence-electron chi connectivity index (χ0n) is 17.8. The van der Waals surface area contributed by atoms with Crippen molar-refractivity contribution in [2.45, 2.75) is 6.54 Å². The van der Waals surface area contributed by atoms with Crippen molar-refractivity contribution in [2.75, 3.05) is 41.8 Å². The molecule has 0 aliphatic carbocycles. The maximum absolute atomic E-state index is 12.9. The van der Waals surface area contributed by atoms with Gasteiger partial charge in [0.15, 0.2) is 0 Å². The van der Waals surface area contributed by atoms with Crippen molar-refractivity contribution < 1.29 is 14.5 Å². The van der Waals surface area contributed by atoms with Gasteiger partial charge in [-0.1, -0.05) is 41.9 Å². The molecular formula is C24H23ClN4O4. The van der Waals surface area contributed by atoms with E-state index < -0.39 is 10.8 Å². The number of ether oxygens (including phenoxy) is 1. The summed E-state index contributed by atoms with van der Waals surface area (Å²) in [6.07, 6.45) is 0. The molecular weight excluding hydrogens is 444 g/mol. The summed E-state index contributed by atoms with van der Waals surface area (Å²) < 4.78 is 5.41. The minimum atomic E-state index is -0.507. The Bertz CT molecular complexity index is 1160. The summed E-state index contributed by atoms with van der Waals surface area (Å²) in [5.41, 5.74) is 2.67. The lowest BCUT2D eigenvalue weighted by Crippen LogP contribution is -2.36. The largest absolute Gasteiger partial charge is 0.378 e. The SMILES string of the molecule is O=C(Nc1ccccc1N1CCOCC1)c1ccc(NCc2ccccc2Cl)c([N+](=O)[O-])c1. The highest BCUT2D eigenvalue weighted by molar-refractivity contribution is 6.31. The minimum Gasteiger partial charge on any atom is -0.378 e. The summed E-state index contributed by atoms with van der Waals surface area (Å²) in [5, 5.41) is 18.2. The Kier molecular flexibility index (Phi) is 7.07. The number of nitrogens with one attached hydrogen (secondary N) is 2. The first-order valence-corrected chi connectivity index (χ1v) is 10.9. The number of anilines is 3. The van der Waals surface area contributed by atoms with E-state index in [1.807, 2.05) is 42.5 Å². The number of hydrogen-bond donors (Lipinski definition) is 2. The van der Waals surface area contributed by atoms with Crippen LogP contribution in [0.15, 0.2) is 66.7 Å². The standard InChI is InChI=1S/C24H23ClN4O4/c25-19-6-2-1-5-18(19)16-26-20-10-9-17(15-23(20)29(31)32)24(30)27-21-7-3-4-8-22(21)28-11-13-33-14-12-28/h1-10,15,26H,11-14,16H2,(H,27,30). The zero-order valence-corrected chi connectivity index (χ0v) is 18.5. The molecule has 0 aromatic heterocycles. The molecule has 9 heteroatoms. The fourth-order valence-electron chi connectivity index (χ4n) is 3.66. The molecule has 2 N–H and O–H groups in total. The van der Waals surface area contributed by atoms with Gasteiger partial charge in [0.25, 0.3) is 11.6 Å². The maximum Gasteiger partial charge on any atom is 0.293 e. The molecule has 33 heavy (non-hydrogen) atoms. The second-order valence-corrected chi connectivity index (χ2v) is 7.91. The van der Waals surface area contributed by atoms with Crippen LogP contribution in [-0.2, 0) is 11.3 Å². The Balaban J connectivity index is 1.52. The second-order valence-electron chi connectivity index (χ2n) is 7.50. The number of rotatable bonds is 7. The van der Waals surface area contributed by atoms with E-state index >= 15 is 0 Å². The Morgan fingerprint density at radius 3 is 2.52 bits per heavy atom. The van der Waals surface area contributed by atoms with Crippen molar-refractivity contribution in [2.24, 2.45) is 0 Å². The predicted molar refractivity (Wildman–Crippen MR) is 129 cm³/mol. The first kappa shape index (κ1) is 22.6. The topological polar surface area (TPSA) is 96.7 Å². The van der Waals surface area contributed by atoms with Crippen LogP contribution in [-0.4, -0.2) is 37.1 Å². The number of nitro groups is 1. The Morgan fingerprint density at radius 1 is 1.03 bits per heavy atom. The number of nitro benzene ring substituents is 1. The van der Waals surface area contributed by atoms with Crippen LogP contribution in [0, 0.1) is 10.1 Å². The molecule has 1 saturated heterocycles. The van der Waals surface area contributed by atoms with Gasteiger partial charge in [0.2, 0.25) is 0 Å². The van der Waals surface area contributed by atoms with Gasteiger partial charge in [-0.05, 0) is 35.9 Å². The van der Waals surface area contributed by atoms with E-state index in [-0.39, 0.29) is 11.3 Å². The van der Waals surface area contributed by atoms with Crippen LogP contribution in [0.3, 0.4) is 0 Å². The molecule has 1 fully saturated rings. The summed E-state index contributed by atoms with van der Waals surface area (Å²) in [5.74, 6) is -0.420. The number of para-hydroxylation sites is 2. The van der Waals surface area contributed by atoms with Crippen molar-refractivity contribution in [3.63, 3.8) is 0 Å². The van der Waals surface area contributed by atoms with Crippen LogP contribution in [0.4, 0.5) is 22.7 Å². The number of carbonyl (C=O) groups is 1. The third-order valence-corrected chi connectivity index (χ3v) is 5.76. The Morgan fingerprint density at radius 2 is 1.76 bits per heavy atom. The van der Waals surface area contributed by atoms with Crippen LogP contribution >= 0.6 is 11.6 Å². The number of morpholine rings is 1. The number of hydrogen-bond acceptors (Lipinski definition) is 6. The highest BCUT2D eigenvalue weighted by atomic mass is 35.5. The van der Waals surface area contributed by atoms with E-state index in [1.165, 1.54) is 12.1 Å². The third-order valence-electron chi connectivity index (χ3n) is 5.39. The van der Waals surface area contributed by atoms with Crippen molar-refractivity contribution >= 4 is 40.3 Å². The molecule has 0 spiro atoms. The molecule has 0 unspecified atom stereocenters. The molecule has 4 rings (SSSR count). The summed E-state index contributed by atoms with van der Waals surface area (Å²) in [6.45, 7) is 3.02. The van der Waals surface area contributed by atoms with Crippen LogP contribution in [0.1, 0.15) is 15.9 Å². The number of halogens is 1. The lowest BCUT2D eigenvalue weighted by atomic mass is 10.1. The fraction of sp³-hybridized carbons (Fsp3) is 0.208. The Hall–Kier alpha value is -3.62. The zero-order chi connectivity index (χ0) is 23.2. The first-order chi connectivity index (χ1) is 16.0. The molecule has 3 aromatic carbocycles. The molecule has 8 nitrogen and oxygen atoms in total. The summed E-state index contributed by atoms with van der Waals surface area (Å²) in [6, 6.07) is 19.1. The molecule has 1 aliphatic heterocycles. The Labute approximate surface area is 196 Å². The molecule has 170 valence electrons. The van der Waals surface area contributed by atoms with E-state index in [0.717, 1.165) is 24.3 Å². The molecule has 0 bridgehead atoms. The molecule has 0 radical (unpaired) electrons. The van der Waals surface area contributed by atoms with Gasteiger partial charge in [0.05, 0.1) is 29.5 Å². The number of nitrogens with zero attached hydrogens (tertiary/aromatic N) is 2. The molecule has 1 amide bonds. The van der Waals surface area contributed by atoms with Crippen molar-refractivity contribution in [3.8, 4) is 0 Å². The highest BCUT2D eigenvalue weighted by Gasteiger charge is 2.20. The number of carbonyl (C=O) groups excluding carboxylic acids is 1. The summed E-state index contributed by atoms with van der Waals surface area (Å²) in [7, 11) is 0. The highest BCUT2D eigenvalue weighted by Crippen LogP contribution is 2.30. The van der Waals surface area contributed by atoms with Gasteiger partial charge in [-0.15, -0.1) is 0 Å². The number of benzene rings is 3. The second kappa shape index (κ2) is 10.3. The van der Waals surface area contributed by atoms with E-state index in [4.69, 9.17) is 16.3 Å². The van der Waals surface area contributed by atoms with Crippen LogP contribution in [0.25, 0.3) is 0 Å². The lowest BCUT2D eigenvalue weighted by Gasteiger charge is -2.30. The van der Waals surface area contributed by atoms with Gasteiger partial charge in [-0.25, -0.2) is 0 Å². The van der Waals surface area contributed by atoms with E-state index in [1.54, 1.807) is 12.1 Å². The predicted octanol–water partition coefficient (Wildman–Crippen LogP) is 4.95. The number of amides is 1. The molecule has 3 aromatic rings. The van der Waals surface area contributed by atoms with E-state index in [0.29, 0.717) is 36.2 Å². The van der Waals surface area contributed by atoms with Crippen molar-refractivity contribution in [3.05, 3.63) is 93.0 Å².